The third kappa shape index (κ3) is 19.0. The summed E-state index contributed by atoms with van der Waals surface area (Å²) in [5.74, 6) is -9.22. The van der Waals surface area contributed by atoms with Crippen molar-refractivity contribution in [2.24, 2.45) is 0 Å². The van der Waals surface area contributed by atoms with E-state index in [9.17, 15) is 106 Å². The molecule has 29 atom stereocenters. The second-order valence-corrected chi connectivity index (χ2v) is 24.8. The average molecular weight is 1490 g/mol. The molecule has 6 aliphatic rings. The lowest BCUT2D eigenvalue weighted by molar-refractivity contribution is -0.423. The largest absolute Gasteiger partial charge is 0.508 e. The highest BCUT2D eigenvalue weighted by Crippen LogP contribution is 2.43. The van der Waals surface area contributed by atoms with Crippen LogP contribution in [-0.2, 0) is 90.2 Å². The van der Waals surface area contributed by atoms with Crippen molar-refractivity contribution in [3.63, 3.8) is 0 Å². The number of carbonyl (C=O) groups excluding carboxylic acids is 5. The number of aliphatic hydroxyl groups is 15. The van der Waals surface area contributed by atoms with Crippen molar-refractivity contribution in [3.05, 3.63) is 102 Å². The van der Waals surface area contributed by atoms with Gasteiger partial charge in [-0.15, -0.1) is 0 Å². The number of ether oxygens (including phenoxy) is 17. The molecule has 3 aromatic carbocycles. The fourth-order valence-corrected chi connectivity index (χ4v) is 11.9. The van der Waals surface area contributed by atoms with Crippen LogP contribution < -0.4 is 9.47 Å². The van der Waals surface area contributed by atoms with E-state index in [1.165, 1.54) is 92.9 Å². The molecule has 0 aliphatic carbocycles. The van der Waals surface area contributed by atoms with Crippen molar-refractivity contribution in [2.45, 2.75) is 198 Å². The molecule has 3 aromatic rings. The van der Waals surface area contributed by atoms with Gasteiger partial charge in [-0.3, -0.25) is 9.59 Å². The van der Waals surface area contributed by atoms with Gasteiger partial charge in [0, 0.05) is 26.0 Å². The molecular formula is C66H84O38. The predicted octanol–water partition coefficient (Wildman–Crippen LogP) is -6.47. The van der Waals surface area contributed by atoms with Gasteiger partial charge in [0.15, 0.2) is 48.9 Å². The summed E-state index contributed by atoms with van der Waals surface area (Å²) in [6, 6.07) is 16.4. The normalized spacial score (nSPS) is 38.1. The molecule has 576 valence electrons. The number of phenols is 1. The van der Waals surface area contributed by atoms with Crippen LogP contribution in [-0.4, -0.2) is 336 Å². The third-order valence-corrected chi connectivity index (χ3v) is 17.5. The number of rotatable bonds is 27. The monoisotopic (exact) mass is 1480 g/mol. The lowest BCUT2D eigenvalue weighted by Crippen LogP contribution is -2.69. The van der Waals surface area contributed by atoms with E-state index in [0.717, 1.165) is 32.1 Å². The van der Waals surface area contributed by atoms with Crippen LogP contribution in [0.15, 0.2) is 84.9 Å². The van der Waals surface area contributed by atoms with Crippen LogP contribution in [0.1, 0.15) is 42.3 Å². The van der Waals surface area contributed by atoms with Gasteiger partial charge in [0.25, 0.3) is 0 Å². The quantitative estimate of drug-likeness (QED) is 0.0192. The van der Waals surface area contributed by atoms with Crippen LogP contribution in [0.5, 0.6) is 17.2 Å². The standard InChI is InChI=1S/C66H84O38/c1-27-43(75)48(80)51(83)61(92-27)93-34-17-12-31(20-35(34)88-4)14-19-42(74)98-55-40(25-90-29(3)71)97-65(104-66(26-91-41(73)18-13-30-10-15-33(72)16-11-30)59(47(79)38(23-69)103-66)102-60(87)32-8-6-5-7-9-32)58(101-63-53(85)50(82)45(77)37(22-68)95-63)57(55)100-64-54(86)56(46(78)39(96-64)24-89-28(2)70)99-62-52(84)49(81)44(76)36(21-67)94-62/h5-20,27,36-40,43-59,61-65,67-69,72,75-86H,21-26H2,1-4H3/b18-13+,19-14+/t27-,36+,37+,38+,39+,40+,43-,44+,45+,46+,47+,48+,49-,50-,51+,52+,53+,54+,55+,56-,57-,58+,59-,61-,62-,63-,64-,65+,66-/m0/s1. The number of hydrogen-bond acceptors (Lipinski definition) is 38. The highest BCUT2D eigenvalue weighted by molar-refractivity contribution is 5.90. The van der Waals surface area contributed by atoms with Gasteiger partial charge in [0.1, 0.15) is 148 Å². The number of aromatic hydroxyl groups is 1. The first kappa shape index (κ1) is 81.0. The summed E-state index contributed by atoms with van der Waals surface area (Å²) in [6.07, 6.45) is -54.3. The molecule has 0 unspecified atom stereocenters. The van der Waals surface area contributed by atoms with Crippen LogP contribution in [0.4, 0.5) is 0 Å². The number of benzene rings is 3. The molecule has 0 saturated carbocycles. The van der Waals surface area contributed by atoms with Crippen LogP contribution in [0.25, 0.3) is 12.2 Å². The maximum absolute atomic E-state index is 14.8. The topological polar surface area (TPSA) is 566 Å². The molecule has 6 aliphatic heterocycles. The minimum atomic E-state index is -3.05. The summed E-state index contributed by atoms with van der Waals surface area (Å²) < 4.78 is 101. The SMILES string of the molecule is COc1cc(/C=C/C(=O)O[C@H]2[C@H](O[C@@H]3O[C@H](COC(C)=O)[C@@H](O)[C@H](O[C@@H]4O[C@H](CO)[C@@H](O)[C@H](O)[C@H]4O)[C@H]3O)[C@@H](O[C@@H]3O[C@H](CO)[C@@H](O)[C@H](O)[C@H]3O)[C@@H](O[C@]3(COC(=O)/C=C/c4ccc(O)cc4)O[C@H](CO)[C@@H](O)[C@@H]3OC(=O)c3ccccc3)O[C@@H]2COC(C)=O)ccc1O[C@@H]1O[C@@H](C)[C@H](O)[C@@H](O)[C@H]1O. The summed E-state index contributed by atoms with van der Waals surface area (Å²) in [5.41, 5.74) is 0.298. The molecule has 38 nitrogen and oxygen atoms in total. The highest BCUT2D eigenvalue weighted by Gasteiger charge is 2.65. The number of carbonyl (C=O) groups is 5. The summed E-state index contributed by atoms with van der Waals surface area (Å²) in [5, 5.41) is 176. The van der Waals surface area contributed by atoms with Crippen molar-refractivity contribution in [2.75, 3.05) is 46.8 Å². The molecule has 38 heteroatoms. The van der Waals surface area contributed by atoms with E-state index in [0.29, 0.717) is 5.56 Å². The number of phenolic OH excluding ortho intramolecular Hbond substituents is 1. The maximum Gasteiger partial charge on any atom is 0.338 e. The average Bonchev–Trinajstić information content (AvgIpc) is 1.47. The van der Waals surface area contributed by atoms with Crippen LogP contribution in [0.2, 0.25) is 0 Å². The van der Waals surface area contributed by atoms with Crippen LogP contribution in [0, 0.1) is 0 Å². The zero-order valence-electron chi connectivity index (χ0n) is 55.8. The molecule has 0 radical (unpaired) electrons. The Labute approximate surface area is 590 Å². The first-order valence-corrected chi connectivity index (χ1v) is 32.5. The van der Waals surface area contributed by atoms with E-state index in [4.69, 9.17) is 80.5 Å². The van der Waals surface area contributed by atoms with Gasteiger partial charge >= 0.3 is 29.8 Å². The van der Waals surface area contributed by atoms with E-state index in [1.54, 1.807) is 0 Å². The maximum atomic E-state index is 14.8. The Morgan fingerprint density at radius 2 is 0.990 bits per heavy atom. The molecular weight excluding hydrogens is 1400 g/mol. The van der Waals surface area contributed by atoms with Crippen molar-refractivity contribution in [3.8, 4) is 17.2 Å². The molecule has 0 aromatic heterocycles. The number of methoxy groups -OCH3 is 1. The molecule has 16 N–H and O–H groups in total. The summed E-state index contributed by atoms with van der Waals surface area (Å²) >= 11 is 0. The molecule has 0 amide bonds. The molecule has 6 heterocycles. The smallest absolute Gasteiger partial charge is 0.338 e. The van der Waals surface area contributed by atoms with E-state index in [-0.39, 0.29) is 28.4 Å². The predicted molar refractivity (Wildman–Crippen MR) is 335 cm³/mol. The third-order valence-electron chi connectivity index (χ3n) is 17.5. The van der Waals surface area contributed by atoms with Crippen molar-refractivity contribution in [1.82, 2.24) is 0 Å². The molecule has 0 bridgehead atoms. The molecule has 6 saturated heterocycles. The van der Waals surface area contributed by atoms with Gasteiger partial charge in [0.2, 0.25) is 12.1 Å². The Hall–Kier alpha value is -7.11. The van der Waals surface area contributed by atoms with Gasteiger partial charge in [0.05, 0.1) is 38.6 Å². The van der Waals surface area contributed by atoms with E-state index in [1.807, 2.05) is 0 Å². The summed E-state index contributed by atoms with van der Waals surface area (Å²) in [4.78, 5) is 68.3. The lowest BCUT2D eigenvalue weighted by atomic mass is 9.95. The second kappa shape index (κ2) is 36.0. The summed E-state index contributed by atoms with van der Waals surface area (Å²) in [7, 11) is 1.22. The lowest BCUT2D eigenvalue weighted by Gasteiger charge is -2.51. The minimum absolute atomic E-state index is 0.0596. The van der Waals surface area contributed by atoms with Crippen LogP contribution in [0.3, 0.4) is 0 Å². The van der Waals surface area contributed by atoms with Crippen molar-refractivity contribution in [1.29, 1.82) is 0 Å². The van der Waals surface area contributed by atoms with Gasteiger partial charge in [-0.05, 0) is 66.6 Å². The van der Waals surface area contributed by atoms with Gasteiger partial charge in [-0.25, -0.2) is 14.4 Å². The first-order chi connectivity index (χ1) is 49.5. The molecule has 6 fully saturated rings. The second-order valence-electron chi connectivity index (χ2n) is 24.8. The Balaban J connectivity index is 1.19. The van der Waals surface area contributed by atoms with E-state index >= 15 is 0 Å². The Kier molecular flexibility index (Phi) is 28.0. The van der Waals surface area contributed by atoms with E-state index in [2.05, 4.69) is 0 Å². The van der Waals surface area contributed by atoms with E-state index < -0.39 is 247 Å². The van der Waals surface area contributed by atoms with Gasteiger partial charge in [-0.1, -0.05) is 36.4 Å². The van der Waals surface area contributed by atoms with Crippen LogP contribution >= 0.6 is 0 Å². The fraction of sp³-hybridized carbons (Fsp3) is 0.591. The van der Waals surface area contributed by atoms with Crippen molar-refractivity contribution >= 4 is 42.0 Å². The summed E-state index contributed by atoms with van der Waals surface area (Å²) in [6.45, 7) is -3.29. The molecule has 0 spiro atoms. The Morgan fingerprint density at radius 3 is 1.59 bits per heavy atom. The van der Waals surface area contributed by atoms with Gasteiger partial charge in [-0.2, -0.15) is 0 Å². The number of esters is 5. The Morgan fingerprint density at radius 1 is 0.471 bits per heavy atom. The first-order valence-electron chi connectivity index (χ1n) is 32.5. The molecule has 9 rings (SSSR count). The highest BCUT2D eigenvalue weighted by atomic mass is 16.8. The minimum Gasteiger partial charge on any atom is -0.508 e. The number of hydrogen-bond donors (Lipinski definition) is 16. The molecule has 104 heavy (non-hydrogen) atoms. The zero-order valence-corrected chi connectivity index (χ0v) is 55.8. The van der Waals surface area contributed by atoms with Gasteiger partial charge < -0.3 is 162 Å². The Bertz CT molecular complexity index is 3380. The number of aliphatic hydroxyl groups excluding tert-OH is 15. The zero-order chi connectivity index (χ0) is 75.6. The fourth-order valence-electron chi connectivity index (χ4n) is 11.9. The van der Waals surface area contributed by atoms with Crippen molar-refractivity contribution < 1.29 is 186 Å².